The molecular formula is C42H52NbSi. The van der Waals surface area contributed by atoms with Crippen LogP contribution in [0.2, 0.25) is 19.6 Å². The topological polar surface area (TPSA) is 0 Å². The molecule has 0 bridgehead atoms. The first-order valence-electron chi connectivity index (χ1n) is 16.9. The van der Waals surface area contributed by atoms with E-state index in [1.165, 1.54) is 68.3 Å². The third-order valence-corrected chi connectivity index (χ3v) is 47.1. The number of hydrogen-bond acceptors (Lipinski definition) is 0. The second-order valence-corrected chi connectivity index (χ2v) is 64.2. The van der Waals surface area contributed by atoms with Crippen LogP contribution in [0, 0.1) is 0 Å². The van der Waals surface area contributed by atoms with Crippen LogP contribution < -0.4 is 0 Å². The van der Waals surface area contributed by atoms with E-state index in [9.17, 15) is 0 Å². The Morgan fingerprint density at radius 2 is 0.932 bits per heavy atom. The van der Waals surface area contributed by atoms with E-state index in [0.29, 0.717) is 8.27 Å². The molecule has 0 saturated heterocycles. The van der Waals surface area contributed by atoms with Crippen LogP contribution >= 0.6 is 0 Å². The molecule has 0 saturated carbocycles. The molecule has 4 aromatic carbocycles. The SMILES string of the molecule is CCC[CH2][Nb]([CH3])([CH3])(=[SiH2])([CH2]CCC)([CH]1C(C)=Cc2c(-c3ccccc3)cccc21)[CH]1C(C)=Cc2c(-c3ccccc3)cccc21. The van der Waals surface area contributed by atoms with Crippen LogP contribution in [-0.4, -0.2) is 7.52 Å². The van der Waals surface area contributed by atoms with Crippen molar-refractivity contribution in [3.8, 4) is 22.3 Å². The third-order valence-electron chi connectivity index (χ3n) is 12.1. The van der Waals surface area contributed by atoms with Crippen molar-refractivity contribution in [2.45, 2.75) is 81.2 Å². The summed E-state index contributed by atoms with van der Waals surface area (Å²) in [6.45, 7) is 9.78. The molecule has 2 aliphatic carbocycles. The summed E-state index contributed by atoms with van der Waals surface area (Å²) in [5.74, 6) is 0. The number of allylic oxidation sites excluding steroid dienone is 2. The van der Waals surface area contributed by atoms with Crippen molar-refractivity contribution in [2.24, 2.45) is 0 Å². The molecule has 0 heterocycles. The quantitative estimate of drug-likeness (QED) is 0.147. The van der Waals surface area contributed by atoms with Gasteiger partial charge >= 0.3 is 266 Å². The van der Waals surface area contributed by atoms with Crippen molar-refractivity contribution in [1.29, 1.82) is 0 Å². The van der Waals surface area contributed by atoms with Crippen LogP contribution in [0.25, 0.3) is 34.4 Å². The zero-order valence-electron chi connectivity index (χ0n) is 27.9. The summed E-state index contributed by atoms with van der Waals surface area (Å²) in [5.41, 5.74) is 14.7. The van der Waals surface area contributed by atoms with Gasteiger partial charge in [-0.2, -0.15) is 0 Å². The van der Waals surface area contributed by atoms with Gasteiger partial charge in [-0.15, -0.1) is 0 Å². The van der Waals surface area contributed by atoms with E-state index in [4.69, 9.17) is 0 Å². The summed E-state index contributed by atoms with van der Waals surface area (Å²) in [5, 5.41) is 5.90. The fourth-order valence-corrected chi connectivity index (χ4v) is 48.7. The number of rotatable bonds is 10. The van der Waals surface area contributed by atoms with Crippen LogP contribution in [0.3, 0.4) is 0 Å². The van der Waals surface area contributed by atoms with E-state index in [1.807, 2.05) is 0 Å². The van der Waals surface area contributed by atoms with Crippen LogP contribution in [0.1, 0.15) is 83.9 Å². The van der Waals surface area contributed by atoms with Gasteiger partial charge in [0.25, 0.3) is 0 Å². The first kappa shape index (κ1) is 31.3. The van der Waals surface area contributed by atoms with Gasteiger partial charge in [-0.3, -0.25) is 0 Å². The summed E-state index contributed by atoms with van der Waals surface area (Å²) in [6.07, 6.45) is 10.2. The fraction of sp³-hybridized carbons (Fsp3) is 0.333. The van der Waals surface area contributed by atoms with E-state index in [0.717, 1.165) is 0 Å². The van der Waals surface area contributed by atoms with Crippen molar-refractivity contribution in [3.05, 3.63) is 130 Å². The maximum absolute atomic E-state index is 4.93. The Hall–Kier alpha value is -2.68. The number of hydrogen-bond donors (Lipinski definition) is 0. The third kappa shape index (κ3) is 4.50. The van der Waals surface area contributed by atoms with E-state index < -0.39 is 11.9 Å². The molecule has 0 N–H and O–H groups in total. The van der Waals surface area contributed by atoms with Crippen LogP contribution in [0.5, 0.6) is 0 Å². The molecule has 2 aliphatic rings. The minimum atomic E-state index is -4.93. The van der Waals surface area contributed by atoms with E-state index in [1.54, 1.807) is 22.3 Å². The Labute approximate surface area is 264 Å². The molecule has 0 aromatic heterocycles. The average Bonchev–Trinajstić information content (AvgIpc) is 3.58. The van der Waals surface area contributed by atoms with Gasteiger partial charge in [0, 0.05) is 0 Å². The van der Waals surface area contributed by atoms with Crippen LogP contribution in [0.15, 0.2) is 108 Å². The number of benzene rings is 4. The predicted octanol–water partition coefficient (Wildman–Crippen LogP) is 12.5. The summed E-state index contributed by atoms with van der Waals surface area (Å²) in [4.78, 5) is 0. The maximum atomic E-state index is 2.95. The van der Waals surface area contributed by atoms with Gasteiger partial charge in [-0.1, -0.05) is 0 Å². The van der Waals surface area contributed by atoms with Gasteiger partial charge in [-0.25, -0.2) is 0 Å². The number of fused-ring (bicyclic) bond motifs is 2. The van der Waals surface area contributed by atoms with Gasteiger partial charge in [-0.05, 0) is 0 Å². The van der Waals surface area contributed by atoms with Gasteiger partial charge in [0.2, 0.25) is 0 Å². The molecule has 2 unspecified atom stereocenters. The molecule has 229 valence electrons. The van der Waals surface area contributed by atoms with Crippen molar-refractivity contribution >= 4 is 19.7 Å². The number of unbranched alkanes of at least 4 members (excludes halogenated alkanes) is 2. The molecule has 0 amide bonds. The van der Waals surface area contributed by atoms with Crippen LogP contribution in [-0.2, 0) is 11.9 Å². The Morgan fingerprint density at radius 3 is 1.30 bits per heavy atom. The monoisotopic (exact) mass is 677 g/mol. The molecule has 2 heteroatoms. The molecule has 0 radical (unpaired) electrons. The Bertz CT molecular complexity index is 1790. The van der Waals surface area contributed by atoms with Gasteiger partial charge < -0.3 is 0 Å². The standard InChI is InChI=1S/2C16H13.2C4H9.2CH3.Nb.H2Si/c2*1-12-10-14-8-5-9-15(16(14)11-12)13-6-3-2-4-7-13;2*1-3-4-2;;;;/h2*2-11H,1H3;2*1,3-4H2,2H3;2*1H3;;1H2. The van der Waals surface area contributed by atoms with E-state index in [2.05, 4.69) is 155 Å². The molecule has 4 aromatic rings. The summed E-state index contributed by atoms with van der Waals surface area (Å²) < 4.78 is 3.59. The van der Waals surface area contributed by atoms with Gasteiger partial charge in [0.15, 0.2) is 0 Å². The molecule has 0 fully saturated rings. The van der Waals surface area contributed by atoms with Crippen molar-refractivity contribution in [2.75, 3.05) is 0 Å². The second kappa shape index (κ2) is 10.2. The fourth-order valence-electron chi connectivity index (χ4n) is 10.6. The molecule has 0 aliphatic heterocycles. The molecule has 0 nitrogen and oxygen atoms in total. The minimum absolute atomic E-state index is 0.454. The first-order valence-corrected chi connectivity index (χ1v) is 32.2. The Kier molecular flexibility index (Phi) is 7.23. The zero-order chi connectivity index (χ0) is 31.3. The summed E-state index contributed by atoms with van der Waals surface area (Å²) >= 11 is -4.93. The predicted molar refractivity (Wildman–Crippen MR) is 196 cm³/mol. The van der Waals surface area contributed by atoms with Gasteiger partial charge in [0.1, 0.15) is 0 Å². The summed E-state index contributed by atoms with van der Waals surface area (Å²) in [7, 11) is 2.60. The van der Waals surface area contributed by atoms with Crippen molar-refractivity contribution in [1.82, 2.24) is 0 Å². The molecule has 44 heavy (non-hydrogen) atoms. The summed E-state index contributed by atoms with van der Waals surface area (Å²) in [6, 6.07) is 36.6. The Balaban J connectivity index is 1.70. The van der Waals surface area contributed by atoms with Crippen LogP contribution in [0.4, 0.5) is 0 Å². The van der Waals surface area contributed by atoms with E-state index in [-0.39, 0.29) is 0 Å². The van der Waals surface area contributed by atoms with Crippen molar-refractivity contribution in [3.63, 3.8) is 0 Å². The second-order valence-electron chi connectivity index (χ2n) is 16.4. The first-order chi connectivity index (χ1) is 20.9. The molecular weight excluding hydrogens is 625 g/mol. The average molecular weight is 678 g/mol. The van der Waals surface area contributed by atoms with Gasteiger partial charge in [0.05, 0.1) is 0 Å². The molecule has 2 atom stereocenters. The zero-order valence-corrected chi connectivity index (χ0v) is 31.6. The van der Waals surface area contributed by atoms with Crippen molar-refractivity contribution < 1.29 is 11.9 Å². The van der Waals surface area contributed by atoms with E-state index >= 15 is 0 Å². The molecule has 0 spiro atoms. The Morgan fingerprint density at radius 1 is 0.545 bits per heavy atom. The molecule has 6 rings (SSSR count). The normalized spacial score (nSPS) is 20.0.